The van der Waals surface area contributed by atoms with Gasteiger partial charge in [-0.05, 0) is 30.3 Å². The fourth-order valence-corrected chi connectivity index (χ4v) is 2.61. The summed E-state index contributed by atoms with van der Waals surface area (Å²) in [6.07, 6.45) is 1.08. The molecule has 0 bridgehead atoms. The Bertz CT molecular complexity index is 909. The number of benzene rings is 2. The molecule has 0 aromatic heterocycles. The van der Waals surface area contributed by atoms with Crippen LogP contribution >= 0.6 is 0 Å². The van der Waals surface area contributed by atoms with Gasteiger partial charge in [-0.1, -0.05) is 18.2 Å². The van der Waals surface area contributed by atoms with E-state index in [9.17, 15) is 18.0 Å². The maximum Gasteiger partial charge on any atom is 0.339 e. The molecule has 1 N–H and O–H groups in total. The van der Waals surface area contributed by atoms with Gasteiger partial charge in [0.25, 0.3) is 5.91 Å². The van der Waals surface area contributed by atoms with Crippen molar-refractivity contribution >= 4 is 33.3 Å². The molecule has 0 atom stereocenters. The maximum atomic E-state index is 12.5. The lowest BCUT2D eigenvalue weighted by molar-refractivity contribution is 0.0602. The van der Waals surface area contributed by atoms with Crippen molar-refractivity contribution in [3.63, 3.8) is 0 Å². The second-order valence-electron chi connectivity index (χ2n) is 5.27. The van der Waals surface area contributed by atoms with Crippen molar-refractivity contribution in [3.05, 3.63) is 59.7 Å². The first-order valence-electron chi connectivity index (χ1n) is 7.26. The molecule has 0 aliphatic carbocycles. The van der Waals surface area contributed by atoms with Crippen molar-refractivity contribution in [1.29, 1.82) is 0 Å². The lowest BCUT2D eigenvalue weighted by Crippen LogP contribution is -2.25. The fraction of sp³-hybridized carbons (Fsp3) is 0.176. The molecule has 0 spiro atoms. The van der Waals surface area contributed by atoms with Crippen LogP contribution in [-0.2, 0) is 14.8 Å². The lowest BCUT2D eigenvalue weighted by atomic mass is 10.1. The molecule has 0 saturated carbocycles. The number of anilines is 2. The first kappa shape index (κ1) is 18.5. The summed E-state index contributed by atoms with van der Waals surface area (Å²) in [5.74, 6) is -1.04. The van der Waals surface area contributed by atoms with Crippen molar-refractivity contribution in [1.82, 2.24) is 0 Å². The van der Waals surface area contributed by atoms with Crippen molar-refractivity contribution in [2.24, 2.45) is 0 Å². The van der Waals surface area contributed by atoms with E-state index >= 15 is 0 Å². The summed E-state index contributed by atoms with van der Waals surface area (Å²) < 4.78 is 29.0. The Morgan fingerprint density at radius 1 is 1.08 bits per heavy atom. The summed E-state index contributed by atoms with van der Waals surface area (Å²) in [5.41, 5.74) is 1.15. The van der Waals surface area contributed by atoms with Crippen LogP contribution < -0.4 is 9.62 Å². The first-order chi connectivity index (χ1) is 11.7. The molecule has 0 unspecified atom stereocenters. The Morgan fingerprint density at radius 3 is 2.40 bits per heavy atom. The Kier molecular flexibility index (Phi) is 5.43. The number of esters is 1. The third-order valence-corrected chi connectivity index (χ3v) is 4.76. The molecule has 0 aliphatic heterocycles. The van der Waals surface area contributed by atoms with Crippen LogP contribution in [0, 0.1) is 0 Å². The van der Waals surface area contributed by atoms with Crippen LogP contribution in [0.4, 0.5) is 11.4 Å². The summed E-state index contributed by atoms with van der Waals surface area (Å²) in [7, 11) is -0.781. The Hall–Kier alpha value is -2.87. The highest BCUT2D eigenvalue weighted by Gasteiger charge is 2.16. The molecule has 132 valence electrons. The number of ether oxygens (including phenoxy) is 1. The zero-order valence-corrected chi connectivity index (χ0v) is 14.8. The van der Waals surface area contributed by atoms with Gasteiger partial charge in [0, 0.05) is 12.6 Å². The molecule has 2 rings (SSSR count). The third-order valence-electron chi connectivity index (χ3n) is 3.55. The van der Waals surface area contributed by atoms with Gasteiger partial charge in [0.15, 0.2) is 0 Å². The average Bonchev–Trinajstić information content (AvgIpc) is 2.60. The molecule has 8 heteroatoms. The van der Waals surface area contributed by atoms with Gasteiger partial charge < -0.3 is 10.1 Å². The predicted molar refractivity (Wildman–Crippen MR) is 95.4 cm³/mol. The molecule has 2 aromatic rings. The van der Waals surface area contributed by atoms with Gasteiger partial charge in [0.2, 0.25) is 10.0 Å². The quantitative estimate of drug-likeness (QED) is 0.823. The van der Waals surface area contributed by atoms with E-state index in [1.807, 2.05) is 0 Å². The second kappa shape index (κ2) is 7.35. The number of hydrogen-bond donors (Lipinski definition) is 1. The monoisotopic (exact) mass is 362 g/mol. The number of methoxy groups -OCH3 is 1. The highest BCUT2D eigenvalue weighted by Crippen LogP contribution is 2.20. The summed E-state index contributed by atoms with van der Waals surface area (Å²) in [4.78, 5) is 24.2. The Morgan fingerprint density at radius 2 is 1.76 bits per heavy atom. The molecule has 7 nitrogen and oxygen atoms in total. The summed E-state index contributed by atoms with van der Waals surface area (Å²) >= 11 is 0. The van der Waals surface area contributed by atoms with Crippen LogP contribution in [0.1, 0.15) is 20.7 Å². The van der Waals surface area contributed by atoms with Crippen LogP contribution in [0.15, 0.2) is 48.5 Å². The largest absolute Gasteiger partial charge is 0.465 e. The van der Waals surface area contributed by atoms with E-state index in [1.54, 1.807) is 36.4 Å². The highest BCUT2D eigenvalue weighted by atomic mass is 32.2. The van der Waals surface area contributed by atoms with E-state index in [0.717, 1.165) is 10.6 Å². The summed E-state index contributed by atoms with van der Waals surface area (Å²) in [6, 6.07) is 12.6. The molecule has 0 saturated heterocycles. The van der Waals surface area contributed by atoms with Crippen LogP contribution in [0.5, 0.6) is 0 Å². The number of sulfonamides is 1. The molecule has 0 fully saturated rings. The number of nitrogens with zero attached hydrogens (tertiary/aromatic N) is 1. The number of carbonyl (C=O) groups excluding carboxylic acids is 2. The lowest BCUT2D eigenvalue weighted by Gasteiger charge is -2.17. The standard InChI is InChI=1S/C17H18N2O5S/c1-19(25(3,22)23)13-8-6-7-12(11-13)16(20)18-15-10-5-4-9-14(15)17(21)24-2/h4-11H,1-3H3,(H,18,20). The molecule has 1 amide bonds. The number of hydrogen-bond acceptors (Lipinski definition) is 5. The van der Waals surface area contributed by atoms with Crippen molar-refractivity contribution in [3.8, 4) is 0 Å². The molecule has 2 aromatic carbocycles. The summed E-state index contributed by atoms with van der Waals surface area (Å²) in [5, 5.41) is 2.64. The molecule has 0 radical (unpaired) electrons. The van der Waals surface area contributed by atoms with E-state index in [-0.39, 0.29) is 11.1 Å². The molecule has 25 heavy (non-hydrogen) atoms. The summed E-state index contributed by atoms with van der Waals surface area (Å²) in [6.45, 7) is 0. The topological polar surface area (TPSA) is 92.8 Å². The van der Waals surface area contributed by atoms with Crippen LogP contribution in [0.25, 0.3) is 0 Å². The van der Waals surface area contributed by atoms with E-state index in [0.29, 0.717) is 11.4 Å². The number of para-hydroxylation sites is 1. The van der Waals surface area contributed by atoms with Gasteiger partial charge in [-0.3, -0.25) is 9.10 Å². The minimum Gasteiger partial charge on any atom is -0.465 e. The van der Waals surface area contributed by atoms with E-state index in [4.69, 9.17) is 0 Å². The van der Waals surface area contributed by atoms with Crippen LogP contribution in [-0.4, -0.2) is 40.7 Å². The zero-order chi connectivity index (χ0) is 18.6. The predicted octanol–water partition coefficient (Wildman–Crippen LogP) is 2.12. The Labute approximate surface area is 146 Å². The van der Waals surface area contributed by atoms with E-state index in [1.165, 1.54) is 26.3 Å². The number of rotatable bonds is 5. The third kappa shape index (κ3) is 4.36. The molecular formula is C17H18N2O5S. The van der Waals surface area contributed by atoms with E-state index in [2.05, 4.69) is 10.1 Å². The minimum atomic E-state index is -3.44. The minimum absolute atomic E-state index is 0.225. The average molecular weight is 362 g/mol. The SMILES string of the molecule is COC(=O)c1ccccc1NC(=O)c1cccc(N(C)S(C)(=O)=O)c1. The maximum absolute atomic E-state index is 12.5. The van der Waals surface area contributed by atoms with E-state index < -0.39 is 21.9 Å². The number of nitrogens with one attached hydrogen (secondary N) is 1. The Balaban J connectivity index is 2.30. The molecule has 0 heterocycles. The second-order valence-corrected chi connectivity index (χ2v) is 7.29. The number of carbonyl (C=O) groups is 2. The van der Waals surface area contributed by atoms with Gasteiger partial charge in [0.05, 0.1) is 30.3 Å². The first-order valence-corrected chi connectivity index (χ1v) is 9.11. The number of amides is 1. The van der Waals surface area contributed by atoms with Gasteiger partial charge in [-0.2, -0.15) is 0 Å². The van der Waals surface area contributed by atoms with Gasteiger partial charge >= 0.3 is 5.97 Å². The zero-order valence-electron chi connectivity index (χ0n) is 14.0. The smallest absolute Gasteiger partial charge is 0.339 e. The molecule has 0 aliphatic rings. The normalized spacial score (nSPS) is 10.8. The van der Waals surface area contributed by atoms with Crippen molar-refractivity contribution < 1.29 is 22.7 Å². The van der Waals surface area contributed by atoms with Crippen LogP contribution in [0.2, 0.25) is 0 Å². The molecular weight excluding hydrogens is 344 g/mol. The highest BCUT2D eigenvalue weighted by molar-refractivity contribution is 7.92. The van der Waals surface area contributed by atoms with Gasteiger partial charge in [-0.25, -0.2) is 13.2 Å². The fourth-order valence-electron chi connectivity index (χ4n) is 2.11. The van der Waals surface area contributed by atoms with Gasteiger partial charge in [0.1, 0.15) is 0 Å². The van der Waals surface area contributed by atoms with Crippen molar-refractivity contribution in [2.45, 2.75) is 0 Å². The van der Waals surface area contributed by atoms with Gasteiger partial charge in [-0.15, -0.1) is 0 Å². The van der Waals surface area contributed by atoms with Crippen LogP contribution in [0.3, 0.4) is 0 Å². The van der Waals surface area contributed by atoms with Crippen molar-refractivity contribution in [2.75, 3.05) is 30.0 Å².